The number of amides is 3. The molecule has 7 nitrogen and oxygen atoms in total. The number of likely N-dealkylation sites (tertiary alicyclic amines) is 1. The van der Waals surface area contributed by atoms with Gasteiger partial charge < -0.3 is 20.9 Å². The van der Waals surface area contributed by atoms with Gasteiger partial charge in [-0.3, -0.25) is 14.4 Å². The molecule has 1 aliphatic rings. The molecule has 1 atom stereocenters. The lowest BCUT2D eigenvalue weighted by atomic mass is 9.73. The SMILES string of the molecule is CNC(=O)C1(Cc2ccccc2)CCN(C(=O)C(Cc2ccc3ccccc3c2)N(C)C(=O)C=C(C)CC(C)(C)N)CC1. The first-order valence-corrected chi connectivity index (χ1v) is 15.2. The van der Waals surface area contributed by atoms with Gasteiger partial charge in [-0.2, -0.15) is 0 Å². The zero-order valence-electron chi connectivity index (χ0n) is 26.2. The van der Waals surface area contributed by atoms with Gasteiger partial charge in [0.1, 0.15) is 6.04 Å². The number of fused-ring (bicyclic) bond motifs is 1. The number of nitrogens with one attached hydrogen (secondary N) is 1. The number of rotatable bonds is 10. The van der Waals surface area contributed by atoms with Crippen molar-refractivity contribution >= 4 is 28.5 Å². The highest BCUT2D eigenvalue weighted by Gasteiger charge is 2.43. The summed E-state index contributed by atoms with van der Waals surface area (Å²) < 4.78 is 0. The topological polar surface area (TPSA) is 95.7 Å². The summed E-state index contributed by atoms with van der Waals surface area (Å²) in [6, 6.07) is 23.7. The highest BCUT2D eigenvalue weighted by molar-refractivity contribution is 5.94. The van der Waals surface area contributed by atoms with Gasteiger partial charge >= 0.3 is 0 Å². The number of nitrogens with zero attached hydrogens (tertiary/aromatic N) is 2. The second-order valence-corrected chi connectivity index (χ2v) is 12.9. The molecule has 0 saturated carbocycles. The van der Waals surface area contributed by atoms with Crippen molar-refractivity contribution in [2.45, 2.75) is 64.5 Å². The molecule has 0 spiro atoms. The van der Waals surface area contributed by atoms with Gasteiger partial charge in [-0.25, -0.2) is 0 Å². The predicted molar refractivity (Wildman–Crippen MR) is 173 cm³/mol. The van der Waals surface area contributed by atoms with Crippen LogP contribution in [0.15, 0.2) is 84.4 Å². The Kier molecular flexibility index (Phi) is 10.1. The Morgan fingerprint density at radius 3 is 2.23 bits per heavy atom. The lowest BCUT2D eigenvalue weighted by molar-refractivity contribution is -0.146. The molecule has 1 fully saturated rings. The van der Waals surface area contributed by atoms with E-state index in [2.05, 4.69) is 29.6 Å². The van der Waals surface area contributed by atoms with E-state index in [1.54, 1.807) is 25.1 Å². The number of likely N-dealkylation sites (N-methyl/N-ethyl adjacent to an activating group) is 1. The summed E-state index contributed by atoms with van der Waals surface area (Å²) >= 11 is 0. The Balaban J connectivity index is 1.58. The van der Waals surface area contributed by atoms with Gasteiger partial charge in [-0.15, -0.1) is 0 Å². The van der Waals surface area contributed by atoms with Gasteiger partial charge in [-0.1, -0.05) is 78.4 Å². The van der Waals surface area contributed by atoms with E-state index in [4.69, 9.17) is 5.73 Å². The predicted octanol–water partition coefficient (Wildman–Crippen LogP) is 4.88. The first-order valence-electron chi connectivity index (χ1n) is 15.2. The molecule has 3 aromatic rings. The number of nitrogens with two attached hydrogens (primary N) is 1. The van der Waals surface area contributed by atoms with E-state index in [0.717, 1.165) is 27.5 Å². The minimum absolute atomic E-state index is 0.00639. The first kappa shape index (κ1) is 32.0. The van der Waals surface area contributed by atoms with Gasteiger partial charge in [0.25, 0.3) is 0 Å². The van der Waals surface area contributed by atoms with Crippen LogP contribution in [0.2, 0.25) is 0 Å². The van der Waals surface area contributed by atoms with Crippen LogP contribution in [0.25, 0.3) is 10.8 Å². The molecule has 7 heteroatoms. The van der Waals surface area contributed by atoms with Crippen molar-refractivity contribution in [2.24, 2.45) is 11.1 Å². The number of carbonyl (C=O) groups excluding carboxylic acids is 3. The monoisotopic (exact) mass is 582 g/mol. The summed E-state index contributed by atoms with van der Waals surface area (Å²) in [6.07, 6.45) is 4.29. The van der Waals surface area contributed by atoms with Crippen LogP contribution >= 0.6 is 0 Å². The van der Waals surface area contributed by atoms with Crippen molar-refractivity contribution in [1.82, 2.24) is 15.1 Å². The zero-order chi connectivity index (χ0) is 31.2. The van der Waals surface area contributed by atoms with Crippen molar-refractivity contribution in [3.8, 4) is 0 Å². The molecule has 1 saturated heterocycles. The van der Waals surface area contributed by atoms with Crippen LogP contribution in [-0.4, -0.2) is 66.3 Å². The molecule has 4 rings (SSSR count). The summed E-state index contributed by atoms with van der Waals surface area (Å²) in [4.78, 5) is 44.3. The maximum absolute atomic E-state index is 14.2. The van der Waals surface area contributed by atoms with Crippen LogP contribution in [0.5, 0.6) is 0 Å². The summed E-state index contributed by atoms with van der Waals surface area (Å²) in [5, 5.41) is 5.09. The maximum atomic E-state index is 14.2. The molecular weight excluding hydrogens is 536 g/mol. The fourth-order valence-electron chi connectivity index (χ4n) is 6.32. The Morgan fingerprint density at radius 2 is 1.60 bits per heavy atom. The summed E-state index contributed by atoms with van der Waals surface area (Å²) in [6.45, 7) is 6.66. The van der Waals surface area contributed by atoms with Gasteiger partial charge in [-0.05, 0) is 68.4 Å². The third-order valence-corrected chi connectivity index (χ3v) is 8.57. The largest absolute Gasteiger partial charge is 0.359 e. The van der Waals surface area contributed by atoms with E-state index < -0.39 is 17.0 Å². The molecule has 0 aliphatic carbocycles. The van der Waals surface area contributed by atoms with Gasteiger partial charge in [0, 0.05) is 45.2 Å². The average Bonchev–Trinajstić information content (AvgIpc) is 2.98. The Morgan fingerprint density at radius 1 is 0.977 bits per heavy atom. The van der Waals surface area contributed by atoms with Crippen molar-refractivity contribution in [3.05, 3.63) is 95.6 Å². The maximum Gasteiger partial charge on any atom is 0.246 e. The fourth-order valence-corrected chi connectivity index (χ4v) is 6.32. The molecule has 3 amide bonds. The van der Waals surface area contributed by atoms with E-state index in [0.29, 0.717) is 45.2 Å². The highest BCUT2D eigenvalue weighted by atomic mass is 16.2. The lowest BCUT2D eigenvalue weighted by Gasteiger charge is -2.42. The van der Waals surface area contributed by atoms with E-state index in [-0.39, 0.29) is 17.7 Å². The highest BCUT2D eigenvalue weighted by Crippen LogP contribution is 2.36. The second-order valence-electron chi connectivity index (χ2n) is 12.9. The molecule has 1 unspecified atom stereocenters. The quantitative estimate of drug-likeness (QED) is 0.333. The Bertz CT molecular complexity index is 1470. The van der Waals surface area contributed by atoms with Gasteiger partial charge in [0.15, 0.2) is 0 Å². The molecule has 1 heterocycles. The zero-order valence-corrected chi connectivity index (χ0v) is 26.2. The number of piperidine rings is 1. The molecular formula is C36H46N4O3. The summed E-state index contributed by atoms with van der Waals surface area (Å²) in [7, 11) is 3.38. The minimum Gasteiger partial charge on any atom is -0.359 e. The van der Waals surface area contributed by atoms with E-state index in [1.807, 2.05) is 74.2 Å². The third kappa shape index (κ3) is 8.11. The van der Waals surface area contributed by atoms with Crippen LogP contribution in [0.1, 0.15) is 51.2 Å². The van der Waals surface area contributed by atoms with E-state index in [9.17, 15) is 14.4 Å². The molecule has 0 radical (unpaired) electrons. The minimum atomic E-state index is -0.690. The summed E-state index contributed by atoms with van der Waals surface area (Å²) in [5.74, 6) is -0.312. The Hall–Kier alpha value is -3.97. The molecule has 228 valence electrons. The van der Waals surface area contributed by atoms with Gasteiger partial charge in [0.05, 0.1) is 5.41 Å². The van der Waals surface area contributed by atoms with Crippen LogP contribution in [0.4, 0.5) is 0 Å². The molecule has 3 N–H and O–H groups in total. The molecule has 43 heavy (non-hydrogen) atoms. The van der Waals surface area contributed by atoms with E-state index in [1.165, 1.54) is 0 Å². The van der Waals surface area contributed by atoms with Crippen LogP contribution in [0.3, 0.4) is 0 Å². The average molecular weight is 583 g/mol. The van der Waals surface area contributed by atoms with Crippen molar-refractivity contribution in [3.63, 3.8) is 0 Å². The number of carbonyl (C=O) groups is 3. The number of benzene rings is 3. The molecule has 1 aliphatic heterocycles. The van der Waals surface area contributed by atoms with E-state index >= 15 is 0 Å². The summed E-state index contributed by atoms with van der Waals surface area (Å²) in [5.41, 5.74) is 8.13. The van der Waals surface area contributed by atoms with Crippen molar-refractivity contribution in [1.29, 1.82) is 0 Å². The fraction of sp³-hybridized carbons (Fsp3) is 0.417. The van der Waals surface area contributed by atoms with Crippen LogP contribution in [0, 0.1) is 5.41 Å². The van der Waals surface area contributed by atoms with Crippen LogP contribution in [-0.2, 0) is 27.2 Å². The van der Waals surface area contributed by atoms with Crippen molar-refractivity contribution in [2.75, 3.05) is 27.2 Å². The number of hydrogen-bond acceptors (Lipinski definition) is 4. The normalized spacial score (nSPS) is 16.0. The van der Waals surface area contributed by atoms with Crippen LogP contribution < -0.4 is 11.1 Å². The second kappa shape index (κ2) is 13.6. The van der Waals surface area contributed by atoms with Gasteiger partial charge in [0.2, 0.25) is 17.7 Å². The van der Waals surface area contributed by atoms with Crippen molar-refractivity contribution < 1.29 is 14.4 Å². The third-order valence-electron chi connectivity index (χ3n) is 8.57. The first-order chi connectivity index (χ1) is 20.4. The lowest BCUT2D eigenvalue weighted by Crippen LogP contribution is -2.55. The smallest absolute Gasteiger partial charge is 0.246 e. The standard InChI is InChI=1S/C36H46N4O3/c1-26(24-35(2,3)37)21-32(41)39(5)31(23-28-15-16-29-13-9-10-14-30(29)22-28)33(42)40-19-17-36(18-20-40,34(43)38-4)25-27-11-7-6-8-12-27/h6-16,21-22,31H,17-20,23-25,37H2,1-5H3,(H,38,43). The molecule has 3 aromatic carbocycles. The molecule has 0 bridgehead atoms. The number of hydrogen-bond donors (Lipinski definition) is 2. The molecule has 0 aromatic heterocycles. The Labute approximate surface area is 256 Å².